The molecule has 10 atom stereocenters. The number of carbonyl (C=O) groups excluding carboxylic acids is 5. The zero-order valence-electron chi connectivity index (χ0n) is 34.7. The number of carbonyl (C=O) groups is 5. The Morgan fingerprint density at radius 3 is 2.06 bits per heavy atom. The summed E-state index contributed by atoms with van der Waals surface area (Å²) in [7, 11) is 9.64. The van der Waals surface area contributed by atoms with Crippen molar-refractivity contribution < 1.29 is 38.2 Å². The van der Waals surface area contributed by atoms with Gasteiger partial charge >= 0.3 is 5.97 Å². The lowest BCUT2D eigenvalue weighted by Crippen LogP contribution is -2.62. The topological polar surface area (TPSA) is 173 Å². The van der Waals surface area contributed by atoms with Crippen LogP contribution in [0.25, 0.3) is 0 Å². The van der Waals surface area contributed by atoms with Crippen LogP contribution in [0.15, 0.2) is 30.3 Å². The Hall–Kier alpha value is -3.59. The van der Waals surface area contributed by atoms with Gasteiger partial charge in [-0.25, -0.2) is 4.79 Å². The molecule has 14 nitrogen and oxygen atoms in total. The van der Waals surface area contributed by atoms with Crippen LogP contribution >= 0.6 is 0 Å². The minimum atomic E-state index is -0.993. The number of hydrogen-bond donors (Lipinski definition) is 3. The van der Waals surface area contributed by atoms with Crippen molar-refractivity contribution in [2.75, 3.05) is 49.0 Å². The molecule has 0 spiro atoms. The summed E-state index contributed by atoms with van der Waals surface area (Å²) in [6.07, 6.45) is 0.931. The maximum atomic E-state index is 14.2. The lowest BCUT2D eigenvalue weighted by molar-refractivity contribution is -0.148. The fourth-order valence-corrected chi connectivity index (χ4v) is 7.80. The summed E-state index contributed by atoms with van der Waals surface area (Å²) in [5.74, 6) is -2.57. The van der Waals surface area contributed by atoms with Crippen LogP contribution < -0.4 is 16.4 Å². The van der Waals surface area contributed by atoms with Crippen molar-refractivity contribution in [3.63, 3.8) is 0 Å². The van der Waals surface area contributed by atoms with Gasteiger partial charge in [0, 0.05) is 40.3 Å². The highest BCUT2D eigenvalue weighted by molar-refractivity contribution is 5.90. The van der Waals surface area contributed by atoms with Crippen LogP contribution in [0.4, 0.5) is 0 Å². The van der Waals surface area contributed by atoms with E-state index in [-0.39, 0.29) is 48.3 Å². The standard InChI is InChI=1S/C40H68N6O8/c1-13-25(4)35(45(9)39(50)33(27(6)41)43-38(49)34(24(2)3)44(7)8)31(52-10)23-32(47)46-21-17-20-30(46)36(53-11)26(5)37(48)42-29(40(51)54-12)22-28-18-15-14-16-19-28/h14-16,18-19,24-27,29-31,33-36H,13,17,20-23,41H2,1-12H3,(H,42,48)(H,43,49)/t25-,26+,27-,29-,30-,31+,33-,34?,35-,36+/m0/s1. The second-order valence-corrected chi connectivity index (χ2v) is 15.4. The molecule has 1 saturated heterocycles. The Labute approximate surface area is 323 Å². The minimum Gasteiger partial charge on any atom is -0.467 e. The maximum absolute atomic E-state index is 14.2. The summed E-state index contributed by atoms with van der Waals surface area (Å²) in [6.45, 7) is 11.8. The van der Waals surface area contributed by atoms with Gasteiger partial charge in [-0.1, -0.05) is 71.4 Å². The van der Waals surface area contributed by atoms with E-state index in [0.717, 1.165) is 5.56 Å². The van der Waals surface area contributed by atoms with Crippen molar-refractivity contribution in [3.05, 3.63) is 35.9 Å². The number of nitrogens with two attached hydrogens (primary N) is 1. The first-order valence-electron chi connectivity index (χ1n) is 19.2. The third-order valence-electron chi connectivity index (χ3n) is 10.9. The number of likely N-dealkylation sites (tertiary alicyclic amines) is 1. The Morgan fingerprint density at radius 1 is 0.926 bits per heavy atom. The van der Waals surface area contributed by atoms with E-state index in [1.54, 1.807) is 30.7 Å². The third kappa shape index (κ3) is 12.2. The van der Waals surface area contributed by atoms with Gasteiger partial charge in [0.25, 0.3) is 0 Å². The smallest absolute Gasteiger partial charge is 0.328 e. The summed E-state index contributed by atoms with van der Waals surface area (Å²) >= 11 is 0. The fraction of sp³-hybridized carbons (Fsp3) is 0.725. The van der Waals surface area contributed by atoms with Gasteiger partial charge in [-0.3, -0.25) is 24.1 Å². The predicted octanol–water partition coefficient (Wildman–Crippen LogP) is 2.23. The van der Waals surface area contributed by atoms with E-state index >= 15 is 0 Å². The van der Waals surface area contributed by atoms with E-state index in [2.05, 4.69) is 10.6 Å². The number of rotatable bonds is 21. The van der Waals surface area contributed by atoms with Crippen LogP contribution in [0.3, 0.4) is 0 Å². The van der Waals surface area contributed by atoms with E-state index in [1.807, 2.05) is 77.0 Å². The number of methoxy groups -OCH3 is 3. The van der Waals surface area contributed by atoms with Crippen molar-refractivity contribution in [2.45, 2.75) is 122 Å². The van der Waals surface area contributed by atoms with E-state index in [4.69, 9.17) is 19.9 Å². The molecule has 4 N–H and O–H groups in total. The Morgan fingerprint density at radius 2 is 1.56 bits per heavy atom. The number of nitrogens with one attached hydrogen (secondary N) is 2. The number of ether oxygens (including phenoxy) is 3. The van der Waals surface area contributed by atoms with E-state index < -0.39 is 60.3 Å². The van der Waals surface area contributed by atoms with E-state index in [9.17, 15) is 24.0 Å². The number of esters is 1. The molecule has 1 fully saturated rings. The summed E-state index contributed by atoms with van der Waals surface area (Å²) in [5, 5.41) is 5.76. The lowest BCUT2D eigenvalue weighted by Gasteiger charge is -2.41. The molecular formula is C40H68N6O8. The van der Waals surface area contributed by atoms with Crippen molar-refractivity contribution in [3.8, 4) is 0 Å². The fourth-order valence-electron chi connectivity index (χ4n) is 7.80. The molecule has 0 bridgehead atoms. The van der Waals surface area contributed by atoms with Crippen molar-refractivity contribution >= 4 is 29.6 Å². The highest BCUT2D eigenvalue weighted by atomic mass is 16.5. The first-order chi connectivity index (χ1) is 25.4. The van der Waals surface area contributed by atoms with Gasteiger partial charge in [-0.15, -0.1) is 0 Å². The van der Waals surface area contributed by atoms with Gasteiger partial charge in [0.2, 0.25) is 23.6 Å². The first-order valence-corrected chi connectivity index (χ1v) is 19.2. The Bertz CT molecular complexity index is 1350. The van der Waals surface area contributed by atoms with Crippen molar-refractivity contribution in [2.24, 2.45) is 23.5 Å². The van der Waals surface area contributed by atoms with Crippen molar-refractivity contribution in [1.29, 1.82) is 0 Å². The zero-order chi connectivity index (χ0) is 40.9. The van der Waals surface area contributed by atoms with Gasteiger partial charge in [0.15, 0.2) is 0 Å². The number of likely N-dealkylation sites (N-methyl/N-ethyl adjacent to an activating group) is 2. The predicted molar refractivity (Wildman–Crippen MR) is 208 cm³/mol. The molecular weight excluding hydrogens is 692 g/mol. The van der Waals surface area contributed by atoms with Gasteiger partial charge in [0.05, 0.1) is 49.8 Å². The molecule has 4 amide bonds. The third-order valence-corrected chi connectivity index (χ3v) is 10.9. The number of nitrogens with zero attached hydrogens (tertiary/aromatic N) is 3. The molecule has 1 unspecified atom stereocenters. The van der Waals surface area contributed by atoms with Crippen LogP contribution in [-0.4, -0.2) is 142 Å². The summed E-state index contributed by atoms with van der Waals surface area (Å²) < 4.78 is 16.9. The molecule has 14 heteroatoms. The van der Waals surface area contributed by atoms with Crippen LogP contribution in [0, 0.1) is 17.8 Å². The van der Waals surface area contributed by atoms with Crippen LogP contribution in [-0.2, 0) is 44.6 Å². The van der Waals surface area contributed by atoms with Crippen LogP contribution in [0.5, 0.6) is 0 Å². The Kier molecular flexibility index (Phi) is 19.0. The van der Waals surface area contributed by atoms with Crippen LogP contribution in [0.2, 0.25) is 0 Å². The second-order valence-electron chi connectivity index (χ2n) is 15.4. The molecule has 1 aliphatic rings. The number of hydrogen-bond acceptors (Lipinski definition) is 10. The lowest BCUT2D eigenvalue weighted by atomic mass is 9.89. The monoisotopic (exact) mass is 761 g/mol. The molecule has 1 aromatic carbocycles. The molecule has 1 aliphatic heterocycles. The highest BCUT2D eigenvalue weighted by Gasteiger charge is 2.43. The molecule has 0 radical (unpaired) electrons. The van der Waals surface area contributed by atoms with Gasteiger partial charge < -0.3 is 40.4 Å². The summed E-state index contributed by atoms with van der Waals surface area (Å²) in [4.78, 5) is 73.1. The molecule has 0 aromatic heterocycles. The first kappa shape index (κ1) is 46.6. The SMILES string of the molecule is CC[C@H](C)[C@@H]([C@@H](CC(=O)N1CCC[C@H]1[C@H](OC)[C@@H](C)C(=O)N[C@@H](Cc1ccccc1)C(=O)OC)OC)N(C)C(=O)[C@@H](NC(=O)C(C(C)C)N(C)C)[C@H](C)N. The van der Waals surface area contributed by atoms with Crippen molar-refractivity contribution in [1.82, 2.24) is 25.3 Å². The molecule has 2 rings (SSSR count). The van der Waals surface area contributed by atoms with Crippen LogP contribution in [0.1, 0.15) is 72.8 Å². The van der Waals surface area contributed by atoms with Gasteiger partial charge in [-0.05, 0) is 51.3 Å². The Balaban J connectivity index is 2.29. The summed E-state index contributed by atoms with van der Waals surface area (Å²) in [6, 6.07) is 5.40. The highest BCUT2D eigenvalue weighted by Crippen LogP contribution is 2.29. The minimum absolute atomic E-state index is 0.000728. The second kappa shape index (κ2) is 22.1. The molecule has 0 aliphatic carbocycles. The molecule has 0 saturated carbocycles. The largest absolute Gasteiger partial charge is 0.467 e. The van der Waals surface area contributed by atoms with Gasteiger partial charge in [-0.2, -0.15) is 0 Å². The number of benzene rings is 1. The van der Waals surface area contributed by atoms with E-state index in [0.29, 0.717) is 25.8 Å². The molecule has 306 valence electrons. The average Bonchev–Trinajstić information content (AvgIpc) is 3.62. The maximum Gasteiger partial charge on any atom is 0.328 e. The normalized spacial score (nSPS) is 19.5. The van der Waals surface area contributed by atoms with E-state index in [1.165, 1.54) is 21.3 Å². The molecule has 54 heavy (non-hydrogen) atoms. The molecule has 1 heterocycles. The quantitative estimate of drug-likeness (QED) is 0.158. The van der Waals surface area contributed by atoms with Gasteiger partial charge in [0.1, 0.15) is 12.1 Å². The number of amides is 4. The zero-order valence-corrected chi connectivity index (χ0v) is 34.7. The average molecular weight is 761 g/mol. The molecule has 1 aromatic rings. The summed E-state index contributed by atoms with van der Waals surface area (Å²) in [5.41, 5.74) is 7.18.